The largest absolute Gasteiger partial charge is 0.350 e. The Labute approximate surface area is 237 Å². The van der Waals surface area contributed by atoms with Crippen molar-refractivity contribution in [3.63, 3.8) is 0 Å². The number of pyridine rings is 1. The van der Waals surface area contributed by atoms with Gasteiger partial charge in [0, 0.05) is 31.8 Å². The molecule has 0 radical (unpaired) electrons. The Hall–Kier alpha value is -3.12. The van der Waals surface area contributed by atoms with Gasteiger partial charge >= 0.3 is 0 Å². The number of benzene rings is 1. The zero-order valence-electron chi connectivity index (χ0n) is 23.4. The topological polar surface area (TPSA) is 118 Å². The maximum Gasteiger partial charge on any atom is 0.268 e. The molecule has 2 amide bonds. The maximum absolute atomic E-state index is 13.7. The Morgan fingerprint density at radius 1 is 1.18 bits per heavy atom. The molecule has 218 valence electrons. The summed E-state index contributed by atoms with van der Waals surface area (Å²) in [4.78, 5) is 37.0. The molecule has 1 aromatic heterocycles. The van der Waals surface area contributed by atoms with Crippen LogP contribution in [0.3, 0.4) is 0 Å². The van der Waals surface area contributed by atoms with Crippen molar-refractivity contribution in [3.05, 3.63) is 72.1 Å². The molecule has 1 fully saturated rings. The lowest BCUT2D eigenvalue weighted by molar-refractivity contribution is -0.204. The van der Waals surface area contributed by atoms with Crippen LogP contribution in [0.2, 0.25) is 0 Å². The van der Waals surface area contributed by atoms with Gasteiger partial charge in [0.25, 0.3) is 5.91 Å². The number of hydroxylamine groups is 1. The molecule has 1 aliphatic rings. The fraction of sp³-hybridized carbons (Fsp3) is 0.483. The van der Waals surface area contributed by atoms with E-state index in [4.69, 9.17) is 9.57 Å². The number of carbonyl (C=O) groups is 2. The fourth-order valence-corrected chi connectivity index (χ4v) is 5.10. The predicted octanol–water partition coefficient (Wildman–Crippen LogP) is 4.07. The standard InChI is InChI=1S/C29H40N4O6S/c1-23(2)17-18-27(34)33(32(40(3,36)37)22-25-14-10-19-30-21-25)26(15-9-13-24-11-5-4-6-12-24)29(35)31-39-28-16-7-8-20-38-28/h4-6,9-14,19,21,23,26,28H,7-8,15-18,20,22H2,1-3H3,(H,31,35)/t26?,28-/m0/s1. The monoisotopic (exact) mass is 572 g/mol. The summed E-state index contributed by atoms with van der Waals surface area (Å²) in [5.41, 5.74) is 3.92. The highest BCUT2D eigenvalue weighted by molar-refractivity contribution is 7.88. The van der Waals surface area contributed by atoms with E-state index in [0.717, 1.165) is 34.1 Å². The number of amides is 2. The van der Waals surface area contributed by atoms with E-state index in [0.29, 0.717) is 25.0 Å². The number of hydrogen-bond donors (Lipinski definition) is 1. The van der Waals surface area contributed by atoms with E-state index >= 15 is 0 Å². The lowest BCUT2D eigenvalue weighted by Crippen LogP contribution is -2.58. The Morgan fingerprint density at radius 3 is 2.58 bits per heavy atom. The summed E-state index contributed by atoms with van der Waals surface area (Å²) in [5, 5.41) is 1.07. The minimum atomic E-state index is -4.00. The van der Waals surface area contributed by atoms with Gasteiger partial charge in [-0.2, -0.15) is 0 Å². The van der Waals surface area contributed by atoms with Crippen LogP contribution in [0.1, 0.15) is 63.5 Å². The van der Waals surface area contributed by atoms with Crippen molar-refractivity contribution in [1.82, 2.24) is 19.9 Å². The predicted molar refractivity (Wildman–Crippen MR) is 152 cm³/mol. The van der Waals surface area contributed by atoms with E-state index in [-0.39, 0.29) is 25.3 Å². The first-order valence-corrected chi connectivity index (χ1v) is 15.5. The molecule has 11 heteroatoms. The smallest absolute Gasteiger partial charge is 0.268 e. The Bertz CT molecular complexity index is 1200. The van der Waals surface area contributed by atoms with Crippen LogP contribution in [0.15, 0.2) is 60.9 Å². The summed E-state index contributed by atoms with van der Waals surface area (Å²) in [6.45, 7) is 4.31. The highest BCUT2D eigenvalue weighted by atomic mass is 32.2. The molecule has 1 N–H and O–H groups in total. The second-order valence-electron chi connectivity index (χ2n) is 10.2. The zero-order chi connectivity index (χ0) is 29.0. The van der Waals surface area contributed by atoms with Gasteiger partial charge in [0.05, 0.1) is 12.8 Å². The van der Waals surface area contributed by atoms with Gasteiger partial charge in [-0.1, -0.05) is 62.4 Å². The van der Waals surface area contributed by atoms with Gasteiger partial charge in [0.1, 0.15) is 6.04 Å². The lowest BCUT2D eigenvalue weighted by Gasteiger charge is -2.38. The second kappa shape index (κ2) is 15.6. The lowest BCUT2D eigenvalue weighted by atomic mass is 10.1. The number of ether oxygens (including phenoxy) is 1. The third kappa shape index (κ3) is 10.1. The minimum Gasteiger partial charge on any atom is -0.350 e. The molecule has 40 heavy (non-hydrogen) atoms. The molecule has 0 spiro atoms. The van der Waals surface area contributed by atoms with Crippen molar-refractivity contribution < 1.29 is 27.6 Å². The van der Waals surface area contributed by atoms with Crippen LogP contribution >= 0.6 is 0 Å². The van der Waals surface area contributed by atoms with Crippen LogP contribution in [-0.4, -0.2) is 59.8 Å². The molecule has 1 aliphatic heterocycles. The van der Waals surface area contributed by atoms with Gasteiger partial charge < -0.3 is 4.74 Å². The first-order valence-electron chi connectivity index (χ1n) is 13.6. The first-order chi connectivity index (χ1) is 19.1. The summed E-state index contributed by atoms with van der Waals surface area (Å²) in [7, 11) is -4.00. The van der Waals surface area contributed by atoms with Gasteiger partial charge in [-0.15, -0.1) is 4.41 Å². The molecular formula is C29H40N4O6S. The van der Waals surface area contributed by atoms with E-state index in [1.807, 2.05) is 50.3 Å². The van der Waals surface area contributed by atoms with E-state index < -0.39 is 34.2 Å². The minimum absolute atomic E-state index is 0.0437. The molecule has 0 bridgehead atoms. The number of nitrogens with one attached hydrogen (secondary N) is 1. The van der Waals surface area contributed by atoms with Crippen molar-refractivity contribution in [2.24, 2.45) is 5.92 Å². The van der Waals surface area contributed by atoms with E-state index in [1.54, 1.807) is 24.4 Å². The molecule has 1 aromatic carbocycles. The molecule has 2 heterocycles. The number of rotatable bonds is 14. The number of carbonyl (C=O) groups excluding carboxylic acids is 2. The number of nitrogens with zero attached hydrogens (tertiary/aromatic N) is 3. The Kier molecular flexibility index (Phi) is 12.3. The molecule has 1 unspecified atom stereocenters. The van der Waals surface area contributed by atoms with Gasteiger partial charge in [0.15, 0.2) is 6.29 Å². The quantitative estimate of drug-likeness (QED) is 0.339. The summed E-state index contributed by atoms with van der Waals surface area (Å²) < 4.78 is 32.8. The van der Waals surface area contributed by atoms with Gasteiger partial charge in [-0.05, 0) is 48.8 Å². The molecule has 1 saturated heterocycles. The molecule has 3 rings (SSSR count). The zero-order valence-corrected chi connectivity index (χ0v) is 24.3. The molecule has 0 saturated carbocycles. The summed E-state index contributed by atoms with van der Waals surface area (Å²) in [5.74, 6) is -0.928. The van der Waals surface area contributed by atoms with E-state index in [2.05, 4.69) is 10.5 Å². The van der Waals surface area contributed by atoms with E-state index in [1.165, 1.54) is 6.20 Å². The van der Waals surface area contributed by atoms with Crippen molar-refractivity contribution in [2.45, 2.75) is 71.2 Å². The number of sulfonamides is 1. The highest BCUT2D eigenvalue weighted by Gasteiger charge is 2.38. The SMILES string of the molecule is CC(C)CCC(=O)N(C(CC=Cc1ccccc1)C(=O)NO[C@H]1CCCCO1)N(Cc1cccnc1)S(C)(=O)=O. The molecule has 2 atom stereocenters. The van der Waals surface area contributed by atoms with Crippen LogP contribution in [0, 0.1) is 5.92 Å². The third-order valence-corrected chi connectivity index (χ3v) is 7.42. The van der Waals surface area contributed by atoms with Crippen LogP contribution in [0.25, 0.3) is 6.08 Å². The average molecular weight is 573 g/mol. The van der Waals surface area contributed by atoms with Crippen molar-refractivity contribution in [1.29, 1.82) is 0 Å². The van der Waals surface area contributed by atoms with Crippen LogP contribution in [-0.2, 0) is 35.7 Å². The fourth-order valence-electron chi connectivity index (χ4n) is 4.19. The van der Waals surface area contributed by atoms with Crippen molar-refractivity contribution in [3.8, 4) is 0 Å². The molecule has 2 aromatic rings. The van der Waals surface area contributed by atoms with Gasteiger partial charge in [-0.25, -0.2) is 23.7 Å². The van der Waals surface area contributed by atoms with Crippen LogP contribution < -0.4 is 5.48 Å². The molecule has 0 aliphatic carbocycles. The second-order valence-corrected chi connectivity index (χ2v) is 12.1. The van der Waals surface area contributed by atoms with Crippen LogP contribution in [0.4, 0.5) is 0 Å². The first kappa shape index (κ1) is 31.4. The third-order valence-electron chi connectivity index (χ3n) is 6.35. The number of hydrazine groups is 1. The Morgan fingerprint density at radius 2 is 1.95 bits per heavy atom. The number of aromatic nitrogens is 1. The maximum atomic E-state index is 13.7. The normalized spacial score (nSPS) is 16.8. The van der Waals surface area contributed by atoms with Crippen LogP contribution in [0.5, 0.6) is 0 Å². The van der Waals surface area contributed by atoms with Crippen molar-refractivity contribution >= 4 is 27.9 Å². The average Bonchev–Trinajstić information content (AvgIpc) is 2.94. The number of hydrogen-bond acceptors (Lipinski definition) is 7. The summed E-state index contributed by atoms with van der Waals surface area (Å²) in [6, 6.07) is 11.7. The summed E-state index contributed by atoms with van der Waals surface area (Å²) >= 11 is 0. The summed E-state index contributed by atoms with van der Waals surface area (Å²) in [6.07, 6.45) is 10.2. The van der Waals surface area contributed by atoms with Gasteiger partial charge in [0.2, 0.25) is 15.9 Å². The van der Waals surface area contributed by atoms with E-state index in [9.17, 15) is 18.0 Å². The highest BCUT2D eigenvalue weighted by Crippen LogP contribution is 2.21. The Balaban J connectivity index is 1.97. The molecule has 10 nitrogen and oxygen atoms in total. The van der Waals surface area contributed by atoms with Crippen molar-refractivity contribution in [2.75, 3.05) is 12.9 Å². The van der Waals surface area contributed by atoms with Gasteiger partial charge in [-0.3, -0.25) is 14.6 Å². The molecular weight excluding hydrogens is 532 g/mol.